The standard InChI is InChI=1S/C12H19NO/c1-12(2,3)11(14)10(13)9-7-5-4-6-8-9/h4-8,10-11,14H,13H2,1-3H3/t10-,11-/m1/s1. The van der Waals surface area contributed by atoms with Gasteiger partial charge in [0.2, 0.25) is 0 Å². The number of hydrogen-bond acceptors (Lipinski definition) is 2. The van der Waals surface area contributed by atoms with Crippen LogP contribution < -0.4 is 5.73 Å². The van der Waals surface area contributed by atoms with E-state index in [1.54, 1.807) is 0 Å². The van der Waals surface area contributed by atoms with Crippen LogP contribution in [-0.4, -0.2) is 11.2 Å². The molecular formula is C12H19NO. The zero-order chi connectivity index (χ0) is 10.8. The second-order valence-corrected chi connectivity index (χ2v) is 4.75. The van der Waals surface area contributed by atoms with Crippen LogP contribution in [0.2, 0.25) is 0 Å². The van der Waals surface area contributed by atoms with Crippen LogP contribution in [0.25, 0.3) is 0 Å². The third-order valence-corrected chi connectivity index (χ3v) is 2.41. The van der Waals surface area contributed by atoms with Crippen LogP contribution in [0.4, 0.5) is 0 Å². The van der Waals surface area contributed by atoms with Crippen LogP contribution in [-0.2, 0) is 0 Å². The van der Waals surface area contributed by atoms with E-state index in [1.165, 1.54) is 0 Å². The summed E-state index contributed by atoms with van der Waals surface area (Å²) in [4.78, 5) is 0. The second-order valence-electron chi connectivity index (χ2n) is 4.75. The van der Waals surface area contributed by atoms with Crippen molar-refractivity contribution in [1.29, 1.82) is 0 Å². The van der Waals surface area contributed by atoms with Crippen molar-refractivity contribution < 1.29 is 5.11 Å². The fourth-order valence-electron chi connectivity index (χ4n) is 1.40. The Morgan fingerprint density at radius 1 is 1.14 bits per heavy atom. The van der Waals surface area contributed by atoms with Crippen LogP contribution in [0.1, 0.15) is 32.4 Å². The van der Waals surface area contributed by atoms with Gasteiger partial charge in [0, 0.05) is 0 Å². The molecule has 0 unspecified atom stereocenters. The molecule has 1 aromatic carbocycles. The molecule has 1 rings (SSSR count). The first kappa shape index (κ1) is 11.2. The Morgan fingerprint density at radius 2 is 1.64 bits per heavy atom. The molecule has 3 N–H and O–H groups in total. The molecule has 0 fully saturated rings. The first-order chi connectivity index (χ1) is 6.43. The predicted molar refractivity (Wildman–Crippen MR) is 58.8 cm³/mol. The Bertz CT molecular complexity index is 276. The number of rotatable bonds is 2. The maximum absolute atomic E-state index is 9.98. The Labute approximate surface area is 85.8 Å². The SMILES string of the molecule is CC(C)(C)[C@H](O)[C@H](N)c1ccccc1. The van der Waals surface area contributed by atoms with Crippen molar-refractivity contribution in [3.05, 3.63) is 35.9 Å². The third-order valence-electron chi connectivity index (χ3n) is 2.41. The van der Waals surface area contributed by atoms with E-state index in [4.69, 9.17) is 5.73 Å². The zero-order valence-corrected chi connectivity index (χ0v) is 9.07. The molecule has 0 saturated heterocycles. The van der Waals surface area contributed by atoms with E-state index in [0.717, 1.165) is 5.56 Å². The molecule has 0 aliphatic carbocycles. The molecular weight excluding hydrogens is 174 g/mol. The molecule has 2 heteroatoms. The van der Waals surface area contributed by atoms with Crippen LogP contribution in [0.3, 0.4) is 0 Å². The first-order valence-electron chi connectivity index (χ1n) is 4.91. The van der Waals surface area contributed by atoms with Gasteiger partial charge >= 0.3 is 0 Å². The van der Waals surface area contributed by atoms with Crippen LogP contribution in [0, 0.1) is 5.41 Å². The topological polar surface area (TPSA) is 46.2 Å². The maximum Gasteiger partial charge on any atom is 0.0780 e. The van der Waals surface area contributed by atoms with Gasteiger partial charge in [0.25, 0.3) is 0 Å². The Morgan fingerprint density at radius 3 is 2.07 bits per heavy atom. The van der Waals surface area contributed by atoms with E-state index in [2.05, 4.69) is 0 Å². The van der Waals surface area contributed by atoms with Gasteiger partial charge in [0.1, 0.15) is 0 Å². The number of nitrogens with two attached hydrogens (primary N) is 1. The van der Waals surface area contributed by atoms with E-state index < -0.39 is 6.10 Å². The molecule has 0 aromatic heterocycles. The molecule has 0 amide bonds. The van der Waals surface area contributed by atoms with E-state index in [-0.39, 0.29) is 11.5 Å². The lowest BCUT2D eigenvalue weighted by Crippen LogP contribution is -2.36. The van der Waals surface area contributed by atoms with Gasteiger partial charge in [-0.2, -0.15) is 0 Å². The monoisotopic (exact) mass is 193 g/mol. The van der Waals surface area contributed by atoms with Gasteiger partial charge in [-0.15, -0.1) is 0 Å². The largest absolute Gasteiger partial charge is 0.391 e. The molecule has 78 valence electrons. The van der Waals surface area contributed by atoms with E-state index in [1.807, 2.05) is 51.1 Å². The highest BCUT2D eigenvalue weighted by Gasteiger charge is 2.28. The lowest BCUT2D eigenvalue weighted by Gasteiger charge is -2.30. The highest BCUT2D eigenvalue weighted by molar-refractivity contribution is 5.20. The number of aliphatic hydroxyl groups is 1. The molecule has 1 aromatic rings. The summed E-state index contributed by atoms with van der Waals surface area (Å²) in [5.41, 5.74) is 6.77. The summed E-state index contributed by atoms with van der Waals surface area (Å²) in [5, 5.41) is 9.98. The van der Waals surface area contributed by atoms with Gasteiger partial charge in [-0.3, -0.25) is 0 Å². The Balaban J connectivity index is 2.81. The van der Waals surface area contributed by atoms with Crippen molar-refractivity contribution in [2.24, 2.45) is 11.1 Å². The highest BCUT2D eigenvalue weighted by atomic mass is 16.3. The van der Waals surface area contributed by atoms with Crippen molar-refractivity contribution in [1.82, 2.24) is 0 Å². The molecule has 0 radical (unpaired) electrons. The maximum atomic E-state index is 9.98. The number of benzene rings is 1. The van der Waals surface area contributed by atoms with Gasteiger partial charge < -0.3 is 10.8 Å². The summed E-state index contributed by atoms with van der Waals surface area (Å²) in [6.07, 6.45) is -0.523. The summed E-state index contributed by atoms with van der Waals surface area (Å²) >= 11 is 0. The summed E-state index contributed by atoms with van der Waals surface area (Å²) in [6, 6.07) is 9.39. The summed E-state index contributed by atoms with van der Waals surface area (Å²) in [5.74, 6) is 0. The molecule has 2 atom stereocenters. The Kier molecular flexibility index (Phi) is 3.29. The molecule has 0 heterocycles. The molecule has 0 aliphatic heterocycles. The third kappa shape index (κ3) is 2.56. The first-order valence-corrected chi connectivity index (χ1v) is 4.91. The van der Waals surface area contributed by atoms with Gasteiger partial charge in [-0.05, 0) is 11.0 Å². The fourth-order valence-corrected chi connectivity index (χ4v) is 1.40. The van der Waals surface area contributed by atoms with Crippen molar-refractivity contribution in [2.75, 3.05) is 0 Å². The van der Waals surface area contributed by atoms with Gasteiger partial charge in [-0.1, -0.05) is 51.1 Å². The Hall–Kier alpha value is -0.860. The molecule has 0 spiro atoms. The molecule has 0 aliphatic rings. The summed E-state index contributed by atoms with van der Waals surface area (Å²) in [6.45, 7) is 5.96. The second kappa shape index (κ2) is 4.11. The average Bonchev–Trinajstić information content (AvgIpc) is 2.15. The van der Waals surface area contributed by atoms with E-state index in [9.17, 15) is 5.11 Å². The van der Waals surface area contributed by atoms with Crippen molar-refractivity contribution in [3.63, 3.8) is 0 Å². The zero-order valence-electron chi connectivity index (χ0n) is 9.07. The smallest absolute Gasteiger partial charge is 0.0780 e. The summed E-state index contributed by atoms with van der Waals surface area (Å²) in [7, 11) is 0. The molecule has 14 heavy (non-hydrogen) atoms. The minimum absolute atomic E-state index is 0.185. The van der Waals surface area contributed by atoms with E-state index >= 15 is 0 Å². The minimum Gasteiger partial charge on any atom is -0.391 e. The van der Waals surface area contributed by atoms with Crippen molar-refractivity contribution in [3.8, 4) is 0 Å². The molecule has 0 saturated carbocycles. The summed E-state index contributed by atoms with van der Waals surface area (Å²) < 4.78 is 0. The van der Waals surface area contributed by atoms with Crippen molar-refractivity contribution >= 4 is 0 Å². The number of hydrogen-bond donors (Lipinski definition) is 2. The lowest BCUT2D eigenvalue weighted by molar-refractivity contribution is 0.0401. The fraction of sp³-hybridized carbons (Fsp3) is 0.500. The van der Waals surface area contributed by atoms with Crippen LogP contribution in [0.15, 0.2) is 30.3 Å². The van der Waals surface area contributed by atoms with Crippen LogP contribution in [0.5, 0.6) is 0 Å². The highest BCUT2D eigenvalue weighted by Crippen LogP contribution is 2.28. The van der Waals surface area contributed by atoms with E-state index in [0.29, 0.717) is 0 Å². The quantitative estimate of drug-likeness (QED) is 0.755. The molecule has 2 nitrogen and oxygen atoms in total. The number of aliphatic hydroxyl groups excluding tert-OH is 1. The van der Waals surface area contributed by atoms with Gasteiger partial charge in [-0.25, -0.2) is 0 Å². The van der Waals surface area contributed by atoms with Crippen LogP contribution >= 0.6 is 0 Å². The molecule has 0 bridgehead atoms. The van der Waals surface area contributed by atoms with Gasteiger partial charge in [0.15, 0.2) is 0 Å². The minimum atomic E-state index is -0.523. The van der Waals surface area contributed by atoms with Gasteiger partial charge in [0.05, 0.1) is 12.1 Å². The normalized spacial score (nSPS) is 16.4. The van der Waals surface area contributed by atoms with Crippen molar-refractivity contribution in [2.45, 2.75) is 32.9 Å². The average molecular weight is 193 g/mol. The predicted octanol–water partition coefficient (Wildman–Crippen LogP) is 2.09. The lowest BCUT2D eigenvalue weighted by atomic mass is 9.82.